The zero-order chi connectivity index (χ0) is 13.5. The average Bonchev–Trinajstić information content (AvgIpc) is 2.99. The number of hydrogen-bond acceptors (Lipinski definition) is 5. The molecule has 1 aromatic carbocycles. The molecule has 1 fully saturated rings. The molecule has 1 saturated heterocycles. The third-order valence-electron chi connectivity index (χ3n) is 3.52. The fourth-order valence-electron chi connectivity index (χ4n) is 2.11. The van der Waals surface area contributed by atoms with Crippen LogP contribution >= 0.6 is 0 Å². The fraction of sp³-hybridized carbons (Fsp3) is 0.385. The lowest BCUT2D eigenvalue weighted by atomic mass is 9.86. The summed E-state index contributed by atoms with van der Waals surface area (Å²) in [6.07, 6.45) is 0. The lowest BCUT2D eigenvalue weighted by Gasteiger charge is -2.21. The van der Waals surface area contributed by atoms with Crippen LogP contribution in [0.25, 0.3) is 11.4 Å². The molecule has 0 amide bonds. The Morgan fingerprint density at radius 3 is 3.00 bits per heavy atom. The highest BCUT2D eigenvalue weighted by molar-refractivity contribution is 5.54. The average molecular weight is 263 g/mol. The molecule has 0 aliphatic carbocycles. The highest BCUT2D eigenvalue weighted by Gasteiger charge is 2.44. The van der Waals surface area contributed by atoms with E-state index in [1.54, 1.807) is 12.1 Å². The van der Waals surface area contributed by atoms with Crippen molar-refractivity contribution in [3.05, 3.63) is 36.0 Å². The molecule has 2 atom stereocenters. The summed E-state index contributed by atoms with van der Waals surface area (Å²) in [5, 5.41) is 3.89. The Balaban J connectivity index is 1.96. The van der Waals surface area contributed by atoms with Gasteiger partial charge in [0.05, 0.1) is 18.6 Å². The molecule has 2 N–H and O–H groups in total. The number of nitrogens with two attached hydrogens (primary N) is 1. The third-order valence-corrected chi connectivity index (χ3v) is 3.52. The molecule has 3 rings (SSSR count). The molecule has 0 saturated carbocycles. The maximum Gasteiger partial charge on any atom is 0.236 e. The molecule has 2 unspecified atom stereocenters. The van der Waals surface area contributed by atoms with Gasteiger partial charge in [-0.25, -0.2) is 4.39 Å². The number of hydrogen-bond donors (Lipinski definition) is 1. The summed E-state index contributed by atoms with van der Waals surface area (Å²) in [5.74, 6) is 0.447. The number of benzene rings is 1. The molecule has 19 heavy (non-hydrogen) atoms. The van der Waals surface area contributed by atoms with Gasteiger partial charge in [-0.15, -0.1) is 0 Å². The molecular formula is C13H14FN3O2. The summed E-state index contributed by atoms with van der Waals surface area (Å²) < 4.78 is 23.8. The second kappa shape index (κ2) is 4.40. The molecule has 5 nitrogen and oxygen atoms in total. The van der Waals surface area contributed by atoms with E-state index in [-0.39, 0.29) is 11.9 Å². The van der Waals surface area contributed by atoms with E-state index >= 15 is 0 Å². The monoisotopic (exact) mass is 263 g/mol. The summed E-state index contributed by atoms with van der Waals surface area (Å²) in [6, 6.07) is 5.88. The predicted molar refractivity (Wildman–Crippen MR) is 65.8 cm³/mol. The Morgan fingerprint density at radius 1 is 1.47 bits per heavy atom. The van der Waals surface area contributed by atoms with E-state index in [4.69, 9.17) is 15.0 Å². The van der Waals surface area contributed by atoms with Gasteiger partial charge in [0.2, 0.25) is 11.7 Å². The normalized spacial score (nSPS) is 26.8. The molecule has 1 aliphatic rings. The van der Waals surface area contributed by atoms with E-state index in [1.807, 2.05) is 6.92 Å². The van der Waals surface area contributed by atoms with Gasteiger partial charge in [0.15, 0.2) is 0 Å². The van der Waals surface area contributed by atoms with E-state index in [0.717, 1.165) is 0 Å². The summed E-state index contributed by atoms with van der Waals surface area (Å²) >= 11 is 0. The van der Waals surface area contributed by atoms with Crippen molar-refractivity contribution in [2.45, 2.75) is 18.4 Å². The highest BCUT2D eigenvalue weighted by Crippen LogP contribution is 2.31. The van der Waals surface area contributed by atoms with E-state index in [2.05, 4.69) is 10.1 Å². The van der Waals surface area contributed by atoms with Gasteiger partial charge < -0.3 is 15.0 Å². The molecule has 100 valence electrons. The van der Waals surface area contributed by atoms with Crippen molar-refractivity contribution in [2.24, 2.45) is 5.73 Å². The van der Waals surface area contributed by atoms with E-state index in [0.29, 0.717) is 30.5 Å². The standard InChI is InChI=1S/C13H14FN3O2/c1-13(7-18-6-10(13)15)12-16-11(17-19-12)8-3-2-4-9(14)5-8/h2-5,10H,6-7,15H2,1H3. The first-order chi connectivity index (χ1) is 9.09. The predicted octanol–water partition coefficient (Wildman–Crippen LogP) is 1.49. The van der Waals surface area contributed by atoms with Crippen LogP contribution in [0, 0.1) is 5.82 Å². The van der Waals surface area contributed by atoms with Crippen molar-refractivity contribution >= 4 is 0 Å². The van der Waals surface area contributed by atoms with Gasteiger partial charge >= 0.3 is 0 Å². The number of nitrogens with zero attached hydrogens (tertiary/aromatic N) is 2. The Bertz CT molecular complexity index is 601. The SMILES string of the molecule is CC1(c2nc(-c3cccc(F)c3)no2)COCC1N. The summed E-state index contributed by atoms with van der Waals surface area (Å²) in [4.78, 5) is 4.32. The van der Waals surface area contributed by atoms with Gasteiger partial charge in [-0.3, -0.25) is 0 Å². The maximum atomic E-state index is 13.2. The van der Waals surface area contributed by atoms with Crippen molar-refractivity contribution < 1.29 is 13.7 Å². The number of halogens is 1. The van der Waals surface area contributed by atoms with E-state index < -0.39 is 5.41 Å². The smallest absolute Gasteiger partial charge is 0.236 e. The molecule has 6 heteroatoms. The first-order valence-corrected chi connectivity index (χ1v) is 6.03. The van der Waals surface area contributed by atoms with Crippen LogP contribution in [-0.2, 0) is 10.2 Å². The van der Waals surface area contributed by atoms with Crippen LogP contribution in [0.3, 0.4) is 0 Å². The molecule has 2 heterocycles. The van der Waals surface area contributed by atoms with E-state index in [9.17, 15) is 4.39 Å². The van der Waals surface area contributed by atoms with Crippen LogP contribution in [0.5, 0.6) is 0 Å². The Labute approximate surface area is 109 Å². The number of ether oxygens (including phenoxy) is 1. The zero-order valence-corrected chi connectivity index (χ0v) is 10.5. The molecule has 0 bridgehead atoms. The molecular weight excluding hydrogens is 249 g/mol. The summed E-state index contributed by atoms with van der Waals surface area (Å²) in [7, 11) is 0. The fourth-order valence-corrected chi connectivity index (χ4v) is 2.11. The van der Waals surface area contributed by atoms with Gasteiger partial charge in [-0.2, -0.15) is 4.98 Å². The molecule has 1 aliphatic heterocycles. The molecule has 1 aromatic heterocycles. The van der Waals surface area contributed by atoms with Crippen LogP contribution in [0.1, 0.15) is 12.8 Å². The topological polar surface area (TPSA) is 74.2 Å². The van der Waals surface area contributed by atoms with Crippen LogP contribution < -0.4 is 5.73 Å². The largest absolute Gasteiger partial charge is 0.379 e. The van der Waals surface area contributed by atoms with Crippen molar-refractivity contribution in [1.82, 2.24) is 10.1 Å². The van der Waals surface area contributed by atoms with Gasteiger partial charge in [0, 0.05) is 11.6 Å². The number of rotatable bonds is 2. The van der Waals surface area contributed by atoms with Gasteiger partial charge in [0.1, 0.15) is 5.82 Å². The lowest BCUT2D eigenvalue weighted by molar-refractivity contribution is 0.169. The minimum atomic E-state index is -0.488. The molecule has 2 aromatic rings. The quantitative estimate of drug-likeness (QED) is 0.888. The van der Waals surface area contributed by atoms with Crippen molar-refractivity contribution in [1.29, 1.82) is 0 Å². The third kappa shape index (κ3) is 2.02. The maximum absolute atomic E-state index is 13.2. The first kappa shape index (κ1) is 12.3. The van der Waals surface area contributed by atoms with Crippen molar-refractivity contribution in [3.8, 4) is 11.4 Å². The second-order valence-corrected chi connectivity index (χ2v) is 4.97. The van der Waals surface area contributed by atoms with Gasteiger partial charge in [0.25, 0.3) is 0 Å². The highest BCUT2D eigenvalue weighted by atomic mass is 19.1. The number of aromatic nitrogens is 2. The Hall–Kier alpha value is -1.79. The summed E-state index contributed by atoms with van der Waals surface area (Å²) in [5.41, 5.74) is 6.09. The van der Waals surface area contributed by atoms with E-state index in [1.165, 1.54) is 12.1 Å². The zero-order valence-electron chi connectivity index (χ0n) is 10.5. The minimum Gasteiger partial charge on any atom is -0.379 e. The molecule has 0 radical (unpaired) electrons. The van der Waals surface area contributed by atoms with Crippen LogP contribution in [0.4, 0.5) is 4.39 Å². The van der Waals surface area contributed by atoms with Crippen LogP contribution in [-0.4, -0.2) is 29.4 Å². The van der Waals surface area contributed by atoms with Crippen LogP contribution in [0.15, 0.2) is 28.8 Å². The lowest BCUT2D eigenvalue weighted by Crippen LogP contribution is -2.42. The first-order valence-electron chi connectivity index (χ1n) is 6.03. The Morgan fingerprint density at radius 2 is 2.32 bits per heavy atom. The van der Waals surface area contributed by atoms with Crippen molar-refractivity contribution in [2.75, 3.05) is 13.2 Å². The molecule has 0 spiro atoms. The van der Waals surface area contributed by atoms with Gasteiger partial charge in [-0.05, 0) is 19.1 Å². The second-order valence-electron chi connectivity index (χ2n) is 4.97. The summed E-state index contributed by atoms with van der Waals surface area (Å²) in [6.45, 7) is 2.83. The van der Waals surface area contributed by atoms with Crippen molar-refractivity contribution in [3.63, 3.8) is 0 Å². The van der Waals surface area contributed by atoms with Gasteiger partial charge in [-0.1, -0.05) is 17.3 Å². The van der Waals surface area contributed by atoms with Crippen LogP contribution in [0.2, 0.25) is 0 Å². The minimum absolute atomic E-state index is 0.187. The Kier molecular flexibility index (Phi) is 2.83.